The fourth-order valence-corrected chi connectivity index (χ4v) is 2.97. The van der Waals surface area contributed by atoms with E-state index in [1.54, 1.807) is 7.11 Å². The van der Waals surface area contributed by atoms with Crippen molar-refractivity contribution in [1.29, 1.82) is 0 Å². The number of benzene rings is 1. The number of nitrogens with two attached hydrogens (primary N) is 1. The first-order valence-electron chi connectivity index (χ1n) is 7.13. The molecular weight excluding hydrogens is 336 g/mol. The Morgan fingerprint density at radius 2 is 2.29 bits per heavy atom. The van der Waals surface area contributed by atoms with Crippen molar-refractivity contribution in [2.45, 2.75) is 12.5 Å². The van der Waals surface area contributed by atoms with Crippen LogP contribution < -0.4 is 15.2 Å². The predicted molar refractivity (Wildman–Crippen MR) is 86.2 cm³/mol. The molecule has 1 fully saturated rings. The van der Waals surface area contributed by atoms with Crippen molar-refractivity contribution >= 4 is 15.9 Å². The van der Waals surface area contributed by atoms with Crippen LogP contribution in [-0.2, 0) is 11.2 Å². The van der Waals surface area contributed by atoms with Gasteiger partial charge in [-0.15, -0.1) is 0 Å². The van der Waals surface area contributed by atoms with Crippen molar-refractivity contribution in [3.8, 4) is 11.5 Å². The van der Waals surface area contributed by atoms with Crippen LogP contribution in [0.3, 0.4) is 0 Å². The third kappa shape index (κ3) is 4.57. The van der Waals surface area contributed by atoms with E-state index < -0.39 is 0 Å². The molecule has 21 heavy (non-hydrogen) atoms. The van der Waals surface area contributed by atoms with Crippen LogP contribution in [-0.4, -0.2) is 58.0 Å². The van der Waals surface area contributed by atoms with E-state index in [1.807, 2.05) is 12.1 Å². The summed E-state index contributed by atoms with van der Waals surface area (Å²) in [6.07, 6.45) is 0.898. The Bertz CT molecular complexity index is 470. The lowest BCUT2D eigenvalue weighted by Crippen LogP contribution is -2.42. The molecule has 0 radical (unpaired) electrons. The molecule has 0 aliphatic carbocycles. The molecule has 1 saturated heterocycles. The lowest BCUT2D eigenvalue weighted by molar-refractivity contribution is -0.0407. The number of halogens is 1. The number of nitrogens with zero attached hydrogens (tertiary/aromatic N) is 1. The molecule has 0 amide bonds. The van der Waals surface area contributed by atoms with E-state index in [-0.39, 0.29) is 6.10 Å². The quantitative estimate of drug-likeness (QED) is 0.838. The van der Waals surface area contributed by atoms with Gasteiger partial charge < -0.3 is 24.8 Å². The number of methoxy groups -OCH3 is 1. The first kappa shape index (κ1) is 16.5. The monoisotopic (exact) mass is 358 g/mol. The summed E-state index contributed by atoms with van der Waals surface area (Å²) < 4.78 is 17.9. The van der Waals surface area contributed by atoms with Crippen LogP contribution in [0.4, 0.5) is 0 Å². The third-order valence-electron chi connectivity index (χ3n) is 3.48. The number of morpholine rings is 1. The van der Waals surface area contributed by atoms with E-state index in [9.17, 15) is 0 Å². The normalized spacial score (nSPS) is 19.5. The van der Waals surface area contributed by atoms with Gasteiger partial charge in [0, 0.05) is 13.1 Å². The number of rotatable bonds is 6. The summed E-state index contributed by atoms with van der Waals surface area (Å²) in [5.41, 5.74) is 6.73. The largest absolute Gasteiger partial charge is 0.493 e. The Morgan fingerprint density at radius 3 is 2.95 bits per heavy atom. The van der Waals surface area contributed by atoms with Gasteiger partial charge in [-0.25, -0.2) is 0 Å². The van der Waals surface area contributed by atoms with Gasteiger partial charge in [-0.3, -0.25) is 0 Å². The topological polar surface area (TPSA) is 57.0 Å². The van der Waals surface area contributed by atoms with E-state index in [1.165, 1.54) is 0 Å². The number of likely N-dealkylation sites (N-methyl/N-ethyl adjacent to an activating group) is 1. The highest BCUT2D eigenvalue weighted by atomic mass is 79.9. The van der Waals surface area contributed by atoms with Gasteiger partial charge >= 0.3 is 0 Å². The van der Waals surface area contributed by atoms with Crippen molar-refractivity contribution in [1.82, 2.24) is 4.90 Å². The molecule has 0 spiro atoms. The maximum atomic E-state index is 5.92. The van der Waals surface area contributed by atoms with E-state index in [4.69, 9.17) is 19.9 Å². The molecule has 1 atom stereocenters. The maximum absolute atomic E-state index is 5.92. The average molecular weight is 359 g/mol. The van der Waals surface area contributed by atoms with Crippen molar-refractivity contribution in [2.75, 3.05) is 47.0 Å². The van der Waals surface area contributed by atoms with Gasteiger partial charge in [-0.05, 0) is 53.6 Å². The molecule has 1 aromatic rings. The van der Waals surface area contributed by atoms with E-state index >= 15 is 0 Å². The smallest absolute Gasteiger partial charge is 0.175 e. The van der Waals surface area contributed by atoms with Crippen LogP contribution in [0.15, 0.2) is 16.6 Å². The highest BCUT2D eigenvalue weighted by Gasteiger charge is 2.20. The summed E-state index contributed by atoms with van der Waals surface area (Å²) in [6, 6.07) is 4.00. The first-order chi connectivity index (χ1) is 10.1. The van der Waals surface area contributed by atoms with Crippen LogP contribution >= 0.6 is 15.9 Å². The SMILES string of the molecule is COc1cc(CCN)cc(Br)c1OCC1CN(C)CCO1. The molecule has 6 heteroatoms. The van der Waals surface area contributed by atoms with Crippen molar-refractivity contribution in [3.05, 3.63) is 22.2 Å². The molecule has 1 aliphatic heterocycles. The van der Waals surface area contributed by atoms with Gasteiger partial charge in [0.15, 0.2) is 11.5 Å². The van der Waals surface area contributed by atoms with E-state index in [0.29, 0.717) is 13.2 Å². The molecule has 1 heterocycles. The Balaban J connectivity index is 2.04. The molecular formula is C15H23BrN2O3. The van der Waals surface area contributed by atoms with E-state index in [2.05, 4.69) is 27.9 Å². The minimum absolute atomic E-state index is 0.0871. The van der Waals surface area contributed by atoms with Crippen molar-refractivity contribution in [2.24, 2.45) is 5.73 Å². The Labute approximate surface area is 134 Å². The van der Waals surface area contributed by atoms with Gasteiger partial charge in [0.1, 0.15) is 12.7 Å². The van der Waals surface area contributed by atoms with Gasteiger partial charge in [0.05, 0.1) is 18.2 Å². The molecule has 1 aromatic carbocycles. The number of hydrogen-bond acceptors (Lipinski definition) is 5. The Morgan fingerprint density at radius 1 is 1.48 bits per heavy atom. The standard InChI is InChI=1S/C15H23BrN2O3/c1-18-5-6-20-12(9-18)10-21-15-13(16)7-11(3-4-17)8-14(15)19-2/h7-8,12H,3-6,9-10,17H2,1-2H3. The molecule has 5 nitrogen and oxygen atoms in total. The van der Waals surface area contributed by atoms with Crippen LogP contribution in [0, 0.1) is 0 Å². The number of hydrogen-bond donors (Lipinski definition) is 1. The van der Waals surface area contributed by atoms with Gasteiger partial charge in [0.2, 0.25) is 0 Å². The Hall–Kier alpha value is -0.820. The summed E-state index contributed by atoms with van der Waals surface area (Å²) >= 11 is 3.55. The first-order valence-corrected chi connectivity index (χ1v) is 7.92. The molecule has 2 rings (SSSR count). The molecule has 1 aliphatic rings. The zero-order valence-electron chi connectivity index (χ0n) is 12.6. The second-order valence-electron chi connectivity index (χ2n) is 5.21. The third-order valence-corrected chi connectivity index (χ3v) is 4.07. The van der Waals surface area contributed by atoms with Crippen LogP contribution in [0.1, 0.15) is 5.56 Å². The Kier molecular flexibility index (Phi) is 6.29. The second kappa shape index (κ2) is 7.98. The van der Waals surface area contributed by atoms with Crippen molar-refractivity contribution < 1.29 is 14.2 Å². The molecule has 118 valence electrons. The van der Waals surface area contributed by atoms with Gasteiger partial charge in [0.25, 0.3) is 0 Å². The van der Waals surface area contributed by atoms with Crippen molar-refractivity contribution in [3.63, 3.8) is 0 Å². The summed E-state index contributed by atoms with van der Waals surface area (Å²) in [6.45, 7) is 3.72. The van der Waals surface area contributed by atoms with Gasteiger partial charge in [-0.2, -0.15) is 0 Å². The predicted octanol–water partition coefficient (Wildman–Crippen LogP) is 1.67. The maximum Gasteiger partial charge on any atom is 0.175 e. The summed E-state index contributed by atoms with van der Waals surface area (Å²) in [5.74, 6) is 1.44. The second-order valence-corrected chi connectivity index (χ2v) is 6.07. The summed E-state index contributed by atoms with van der Waals surface area (Å²) in [5, 5.41) is 0. The highest BCUT2D eigenvalue weighted by molar-refractivity contribution is 9.10. The lowest BCUT2D eigenvalue weighted by Gasteiger charge is -2.30. The molecule has 2 N–H and O–H groups in total. The van der Waals surface area contributed by atoms with Crippen LogP contribution in [0.2, 0.25) is 0 Å². The minimum Gasteiger partial charge on any atom is -0.493 e. The fourth-order valence-electron chi connectivity index (χ4n) is 2.37. The molecule has 0 bridgehead atoms. The lowest BCUT2D eigenvalue weighted by atomic mass is 10.1. The highest BCUT2D eigenvalue weighted by Crippen LogP contribution is 2.37. The van der Waals surface area contributed by atoms with E-state index in [0.717, 1.165) is 47.7 Å². The average Bonchev–Trinajstić information content (AvgIpc) is 2.46. The summed E-state index contributed by atoms with van der Waals surface area (Å²) in [7, 11) is 3.74. The molecule has 0 aromatic heterocycles. The van der Waals surface area contributed by atoms with Crippen LogP contribution in [0.5, 0.6) is 11.5 Å². The fraction of sp³-hybridized carbons (Fsp3) is 0.600. The number of ether oxygens (including phenoxy) is 3. The van der Waals surface area contributed by atoms with Crippen LogP contribution in [0.25, 0.3) is 0 Å². The molecule has 1 unspecified atom stereocenters. The molecule has 0 saturated carbocycles. The zero-order valence-corrected chi connectivity index (χ0v) is 14.2. The van der Waals surface area contributed by atoms with Gasteiger partial charge in [-0.1, -0.05) is 0 Å². The zero-order chi connectivity index (χ0) is 15.2. The minimum atomic E-state index is 0.0871. The summed E-state index contributed by atoms with van der Waals surface area (Å²) in [4.78, 5) is 2.24.